The number of aromatic nitrogens is 1. The summed E-state index contributed by atoms with van der Waals surface area (Å²) in [5, 5.41) is 5.41. The smallest absolute Gasteiger partial charge is 0.258 e. The van der Waals surface area contributed by atoms with Crippen molar-refractivity contribution in [3.05, 3.63) is 82.9 Å². The number of hydrogen-bond acceptors (Lipinski definition) is 3. The molecule has 0 spiro atoms. The fourth-order valence-electron chi connectivity index (χ4n) is 2.19. The Bertz CT molecular complexity index is 823. The molecule has 4 heteroatoms. The van der Waals surface area contributed by atoms with Crippen molar-refractivity contribution in [3.8, 4) is 0 Å². The summed E-state index contributed by atoms with van der Waals surface area (Å²) in [6, 6.07) is 19.5. The number of nitrogens with zero attached hydrogens (tertiary/aromatic N) is 1. The lowest BCUT2D eigenvalue weighted by Crippen LogP contribution is -2.13. The van der Waals surface area contributed by atoms with Gasteiger partial charge in [0.15, 0.2) is 5.13 Å². The highest BCUT2D eigenvalue weighted by Crippen LogP contribution is 2.22. The third-order valence-electron chi connectivity index (χ3n) is 3.28. The minimum absolute atomic E-state index is 0.158. The number of anilines is 1. The van der Waals surface area contributed by atoms with Crippen LogP contribution in [0.15, 0.2) is 66.0 Å². The second-order valence-electron chi connectivity index (χ2n) is 5.08. The first-order valence-corrected chi connectivity index (χ1v) is 8.16. The van der Waals surface area contributed by atoms with Crippen molar-refractivity contribution in [1.82, 2.24) is 4.98 Å². The van der Waals surface area contributed by atoms with Gasteiger partial charge in [0.25, 0.3) is 5.91 Å². The molecule has 0 saturated carbocycles. The van der Waals surface area contributed by atoms with Crippen LogP contribution in [0.4, 0.5) is 5.13 Å². The van der Waals surface area contributed by atoms with Crippen LogP contribution in [-0.2, 0) is 4.79 Å². The summed E-state index contributed by atoms with van der Waals surface area (Å²) in [6.07, 6.45) is 1.89. The first-order valence-electron chi connectivity index (χ1n) is 7.28. The Balaban J connectivity index is 1.95. The maximum absolute atomic E-state index is 12.7. The largest absolute Gasteiger partial charge is 0.298 e. The van der Waals surface area contributed by atoms with Crippen molar-refractivity contribution in [2.45, 2.75) is 6.92 Å². The number of hydrogen-bond donors (Lipinski definition) is 1. The minimum atomic E-state index is -0.158. The van der Waals surface area contributed by atoms with Gasteiger partial charge in [0, 0.05) is 11.0 Å². The molecule has 1 aromatic heterocycles. The molecular weight excluding hydrogens is 304 g/mol. The maximum Gasteiger partial charge on any atom is 0.258 e. The number of carbonyl (C=O) groups excluding carboxylic acids is 1. The highest BCUT2D eigenvalue weighted by molar-refractivity contribution is 7.14. The molecule has 0 aliphatic heterocycles. The molecule has 3 aromatic rings. The first-order chi connectivity index (χ1) is 11.2. The van der Waals surface area contributed by atoms with E-state index in [4.69, 9.17) is 0 Å². The highest BCUT2D eigenvalue weighted by atomic mass is 32.1. The Labute approximate surface area is 139 Å². The zero-order valence-electron chi connectivity index (χ0n) is 12.7. The van der Waals surface area contributed by atoms with Crippen molar-refractivity contribution in [2.24, 2.45) is 0 Å². The molecule has 3 nitrogen and oxygen atoms in total. The van der Waals surface area contributed by atoms with E-state index in [1.165, 1.54) is 11.3 Å². The summed E-state index contributed by atoms with van der Waals surface area (Å²) in [7, 11) is 0. The van der Waals surface area contributed by atoms with Crippen LogP contribution in [0.1, 0.15) is 16.8 Å². The van der Waals surface area contributed by atoms with Crippen LogP contribution in [0.2, 0.25) is 0 Å². The van der Waals surface area contributed by atoms with Gasteiger partial charge in [-0.05, 0) is 24.1 Å². The standard InChI is InChI=1S/C19H16N2OS/c1-14-13-23-19(20-14)21-18(22)17(16-10-6-3-7-11-16)12-15-8-4-2-5-9-15/h2-13H,1H3,(H,20,21,22). The summed E-state index contributed by atoms with van der Waals surface area (Å²) in [4.78, 5) is 17.0. The maximum atomic E-state index is 12.7. The lowest BCUT2D eigenvalue weighted by molar-refractivity contribution is -0.111. The number of aryl methyl sites for hydroxylation is 1. The first kappa shape index (κ1) is 15.2. The van der Waals surface area contributed by atoms with Crippen LogP contribution in [-0.4, -0.2) is 10.9 Å². The van der Waals surface area contributed by atoms with Crippen LogP contribution >= 0.6 is 11.3 Å². The average Bonchev–Trinajstić information content (AvgIpc) is 2.99. The fourth-order valence-corrected chi connectivity index (χ4v) is 2.87. The minimum Gasteiger partial charge on any atom is -0.298 e. The molecule has 2 aromatic carbocycles. The van der Waals surface area contributed by atoms with Gasteiger partial charge in [-0.15, -0.1) is 11.3 Å². The highest BCUT2D eigenvalue weighted by Gasteiger charge is 2.13. The number of rotatable bonds is 4. The van der Waals surface area contributed by atoms with E-state index in [0.717, 1.165) is 16.8 Å². The number of amides is 1. The van der Waals surface area contributed by atoms with Gasteiger partial charge in [0.05, 0.1) is 5.69 Å². The van der Waals surface area contributed by atoms with Crippen LogP contribution in [0.25, 0.3) is 11.6 Å². The van der Waals surface area contributed by atoms with Crippen molar-refractivity contribution in [3.63, 3.8) is 0 Å². The van der Waals surface area contributed by atoms with E-state index in [-0.39, 0.29) is 5.91 Å². The zero-order chi connectivity index (χ0) is 16.1. The van der Waals surface area contributed by atoms with Gasteiger partial charge in [-0.2, -0.15) is 0 Å². The fraction of sp³-hybridized carbons (Fsp3) is 0.0526. The molecule has 0 bridgehead atoms. The second kappa shape index (κ2) is 7.03. The molecule has 0 radical (unpaired) electrons. The topological polar surface area (TPSA) is 42.0 Å². The van der Waals surface area contributed by atoms with E-state index in [1.807, 2.05) is 79.0 Å². The predicted octanol–water partition coefficient (Wildman–Crippen LogP) is 4.63. The molecule has 0 atom stereocenters. The molecule has 0 aliphatic rings. The lowest BCUT2D eigenvalue weighted by atomic mass is 10.0. The Morgan fingerprint density at radius 1 is 1.04 bits per heavy atom. The normalized spacial score (nSPS) is 11.3. The molecule has 0 aliphatic carbocycles. The number of benzene rings is 2. The molecule has 0 saturated heterocycles. The van der Waals surface area contributed by atoms with Crippen LogP contribution in [0, 0.1) is 6.92 Å². The van der Waals surface area contributed by atoms with E-state index in [0.29, 0.717) is 10.7 Å². The average molecular weight is 320 g/mol. The van der Waals surface area contributed by atoms with Crippen molar-refractivity contribution in [2.75, 3.05) is 5.32 Å². The summed E-state index contributed by atoms with van der Waals surface area (Å²) in [5.41, 5.74) is 3.38. The van der Waals surface area contributed by atoms with Gasteiger partial charge in [0.1, 0.15) is 0 Å². The second-order valence-corrected chi connectivity index (χ2v) is 5.94. The van der Waals surface area contributed by atoms with Crippen molar-refractivity contribution < 1.29 is 4.79 Å². The van der Waals surface area contributed by atoms with Gasteiger partial charge in [-0.25, -0.2) is 4.98 Å². The molecule has 3 rings (SSSR count). The Kier molecular flexibility index (Phi) is 4.64. The summed E-state index contributed by atoms with van der Waals surface area (Å²) >= 11 is 1.43. The van der Waals surface area contributed by atoms with Gasteiger partial charge >= 0.3 is 0 Å². The van der Waals surface area contributed by atoms with Gasteiger partial charge in [-0.1, -0.05) is 60.7 Å². The molecule has 23 heavy (non-hydrogen) atoms. The van der Waals surface area contributed by atoms with Crippen molar-refractivity contribution >= 4 is 34.0 Å². The monoisotopic (exact) mass is 320 g/mol. The molecule has 1 amide bonds. The Hall–Kier alpha value is -2.72. The summed E-state index contributed by atoms with van der Waals surface area (Å²) < 4.78 is 0. The third-order valence-corrected chi connectivity index (χ3v) is 4.16. The van der Waals surface area contributed by atoms with E-state index in [1.54, 1.807) is 0 Å². The quantitative estimate of drug-likeness (QED) is 0.562. The third kappa shape index (κ3) is 3.93. The molecular formula is C19H16N2OS. The Morgan fingerprint density at radius 2 is 1.70 bits per heavy atom. The van der Waals surface area contributed by atoms with E-state index < -0.39 is 0 Å². The number of carbonyl (C=O) groups is 1. The van der Waals surface area contributed by atoms with E-state index in [2.05, 4.69) is 10.3 Å². The molecule has 0 fully saturated rings. The predicted molar refractivity (Wildman–Crippen MR) is 96.2 cm³/mol. The molecule has 1 heterocycles. The van der Waals surface area contributed by atoms with Gasteiger partial charge in [0.2, 0.25) is 0 Å². The van der Waals surface area contributed by atoms with Crippen LogP contribution in [0.3, 0.4) is 0 Å². The number of nitrogens with one attached hydrogen (secondary N) is 1. The zero-order valence-corrected chi connectivity index (χ0v) is 13.5. The van der Waals surface area contributed by atoms with Crippen molar-refractivity contribution in [1.29, 1.82) is 0 Å². The van der Waals surface area contributed by atoms with Gasteiger partial charge in [-0.3, -0.25) is 10.1 Å². The molecule has 0 unspecified atom stereocenters. The summed E-state index contributed by atoms with van der Waals surface area (Å²) in [6.45, 7) is 1.91. The van der Waals surface area contributed by atoms with Crippen LogP contribution < -0.4 is 5.32 Å². The number of thiazole rings is 1. The van der Waals surface area contributed by atoms with E-state index >= 15 is 0 Å². The summed E-state index contributed by atoms with van der Waals surface area (Å²) in [5.74, 6) is -0.158. The molecule has 114 valence electrons. The SMILES string of the molecule is Cc1csc(NC(=O)C(=Cc2ccccc2)c2ccccc2)n1. The van der Waals surface area contributed by atoms with E-state index in [9.17, 15) is 4.79 Å². The van der Waals surface area contributed by atoms with Gasteiger partial charge < -0.3 is 0 Å². The Morgan fingerprint density at radius 3 is 2.30 bits per heavy atom. The molecule has 1 N–H and O–H groups in total. The lowest BCUT2D eigenvalue weighted by Gasteiger charge is -2.08. The van der Waals surface area contributed by atoms with Crippen LogP contribution in [0.5, 0.6) is 0 Å².